The van der Waals surface area contributed by atoms with Crippen molar-refractivity contribution < 1.29 is 4.79 Å². The Bertz CT molecular complexity index is 884. The number of nitrogens with one attached hydrogen (secondary N) is 1. The lowest BCUT2D eigenvalue weighted by atomic mass is 9.82. The molecule has 1 unspecified atom stereocenters. The average molecular weight is 445 g/mol. The van der Waals surface area contributed by atoms with Crippen molar-refractivity contribution in [3.63, 3.8) is 0 Å². The number of nitrogens with zero attached hydrogens (tertiary/aromatic N) is 2. The molecule has 5 heteroatoms. The van der Waals surface area contributed by atoms with Crippen LogP contribution in [0.4, 0.5) is 0 Å². The van der Waals surface area contributed by atoms with Crippen LogP contribution in [0.1, 0.15) is 42.9 Å². The van der Waals surface area contributed by atoms with Gasteiger partial charge in [0.2, 0.25) is 0 Å². The number of hydrogen-bond acceptors (Lipinski definition) is 3. The fraction of sp³-hybridized carbons (Fsp3) is 0.350. The highest BCUT2D eigenvalue weighted by Gasteiger charge is 2.32. The normalized spacial score (nSPS) is 16.4. The van der Waals surface area contributed by atoms with E-state index in [9.17, 15) is 4.79 Å². The van der Waals surface area contributed by atoms with Gasteiger partial charge in [0.25, 0.3) is 0 Å². The zero-order valence-electron chi connectivity index (χ0n) is 13.9. The van der Waals surface area contributed by atoms with Crippen LogP contribution in [0.25, 0.3) is 10.9 Å². The zero-order chi connectivity index (χ0) is 17.2. The second kappa shape index (κ2) is 7.23. The Morgan fingerprint density at radius 2 is 2.08 bits per heavy atom. The van der Waals surface area contributed by atoms with Gasteiger partial charge in [0, 0.05) is 18.0 Å². The lowest BCUT2D eigenvalue weighted by Crippen LogP contribution is -2.23. The summed E-state index contributed by atoms with van der Waals surface area (Å²) < 4.78 is 1.01. The predicted octanol–water partition coefficient (Wildman–Crippen LogP) is 4.65. The van der Waals surface area contributed by atoms with Crippen molar-refractivity contribution >= 4 is 39.3 Å². The lowest BCUT2D eigenvalue weighted by Gasteiger charge is -2.22. The number of H-pyrrole nitrogens is 1. The van der Waals surface area contributed by atoms with Crippen LogP contribution in [0.15, 0.2) is 42.6 Å². The second-order valence-electron chi connectivity index (χ2n) is 6.81. The summed E-state index contributed by atoms with van der Waals surface area (Å²) in [7, 11) is 0. The number of aromatic nitrogens is 3. The molecule has 0 spiro atoms. The Hall–Kier alpha value is -1.76. The van der Waals surface area contributed by atoms with E-state index in [2.05, 4.69) is 43.8 Å². The number of carbonyl (C=O) groups is 1. The molecule has 1 aromatic carbocycles. The number of aromatic amines is 1. The minimum Gasteiger partial charge on any atom is -0.299 e. The molecule has 0 amide bonds. The number of Topliss-reactive ketones (excluding diaryl/α,β-unsaturated/α-hetero) is 1. The first kappa shape index (κ1) is 16.7. The highest BCUT2D eigenvalue weighted by Crippen LogP contribution is 2.38. The van der Waals surface area contributed by atoms with E-state index in [1.54, 1.807) is 6.20 Å². The van der Waals surface area contributed by atoms with E-state index in [0.717, 1.165) is 38.7 Å². The molecule has 1 aliphatic rings. The molecule has 0 aliphatic heterocycles. The maximum absolute atomic E-state index is 13.2. The quantitative estimate of drug-likeness (QED) is 0.582. The predicted molar refractivity (Wildman–Crippen MR) is 106 cm³/mol. The van der Waals surface area contributed by atoms with Crippen LogP contribution < -0.4 is 0 Å². The van der Waals surface area contributed by atoms with E-state index in [1.165, 1.54) is 12.8 Å². The molecule has 2 aromatic heterocycles. The van der Waals surface area contributed by atoms with Crippen LogP contribution in [0.3, 0.4) is 0 Å². The van der Waals surface area contributed by atoms with E-state index < -0.39 is 0 Å². The van der Waals surface area contributed by atoms with Gasteiger partial charge in [-0.3, -0.25) is 14.9 Å². The van der Waals surface area contributed by atoms with Gasteiger partial charge in [0.1, 0.15) is 9.48 Å². The third-order valence-electron chi connectivity index (χ3n) is 5.17. The molecule has 1 saturated carbocycles. The minimum absolute atomic E-state index is 0.0807. The van der Waals surface area contributed by atoms with Gasteiger partial charge < -0.3 is 0 Å². The van der Waals surface area contributed by atoms with Crippen LogP contribution in [-0.2, 0) is 11.2 Å². The monoisotopic (exact) mass is 445 g/mol. The van der Waals surface area contributed by atoms with Crippen LogP contribution in [-0.4, -0.2) is 21.0 Å². The van der Waals surface area contributed by atoms with Gasteiger partial charge in [-0.15, -0.1) is 0 Å². The molecule has 4 rings (SSSR count). The van der Waals surface area contributed by atoms with Gasteiger partial charge in [0.05, 0.1) is 17.1 Å². The number of benzene rings is 1. The van der Waals surface area contributed by atoms with E-state index in [0.29, 0.717) is 12.3 Å². The molecule has 1 N–H and O–H groups in total. The summed E-state index contributed by atoms with van der Waals surface area (Å²) in [5.41, 5.74) is 2.92. The first-order valence-corrected chi connectivity index (χ1v) is 9.86. The summed E-state index contributed by atoms with van der Waals surface area (Å²) >= 11 is 2.24. The van der Waals surface area contributed by atoms with Gasteiger partial charge >= 0.3 is 0 Å². The van der Waals surface area contributed by atoms with Gasteiger partial charge in [-0.25, -0.2) is 0 Å². The molecule has 4 nitrogen and oxygen atoms in total. The van der Waals surface area contributed by atoms with Crippen molar-refractivity contribution in [1.82, 2.24) is 15.2 Å². The number of carbonyl (C=O) groups excluding carboxylic acids is 1. The van der Waals surface area contributed by atoms with Crippen LogP contribution in [0.2, 0.25) is 0 Å². The Kier molecular flexibility index (Phi) is 4.83. The smallest absolute Gasteiger partial charge is 0.146 e. The van der Waals surface area contributed by atoms with Crippen molar-refractivity contribution in [2.75, 3.05) is 0 Å². The van der Waals surface area contributed by atoms with Gasteiger partial charge in [-0.05, 0) is 71.2 Å². The molecular formula is C20H20IN3O. The fourth-order valence-corrected chi connectivity index (χ4v) is 4.52. The largest absolute Gasteiger partial charge is 0.299 e. The minimum atomic E-state index is -0.0807. The standard InChI is InChI=1S/C20H20IN3O/c21-20-15-11-13(8-9-16(15)23-24-20)12-18(25)19(14-5-1-2-6-14)17-7-3-4-10-22-17/h3-4,7-11,14,19H,1-2,5-6,12H2,(H,23,24). The Morgan fingerprint density at radius 3 is 2.84 bits per heavy atom. The number of rotatable bonds is 5. The fourth-order valence-electron chi connectivity index (χ4n) is 3.97. The molecule has 128 valence electrons. The Labute approximate surface area is 160 Å². The summed E-state index contributed by atoms with van der Waals surface area (Å²) in [6.07, 6.45) is 6.96. The molecular weight excluding hydrogens is 425 g/mol. The summed E-state index contributed by atoms with van der Waals surface area (Å²) in [5, 5.41) is 8.33. The van der Waals surface area contributed by atoms with Crippen LogP contribution >= 0.6 is 22.6 Å². The van der Waals surface area contributed by atoms with E-state index in [1.807, 2.05) is 30.3 Å². The van der Waals surface area contributed by atoms with Gasteiger partial charge in [0.15, 0.2) is 0 Å². The topological polar surface area (TPSA) is 58.6 Å². The molecule has 3 aromatic rings. The Morgan fingerprint density at radius 1 is 1.24 bits per heavy atom. The molecule has 1 fully saturated rings. The van der Waals surface area contributed by atoms with E-state index in [-0.39, 0.29) is 11.7 Å². The van der Waals surface area contributed by atoms with Crippen LogP contribution in [0.5, 0.6) is 0 Å². The highest BCUT2D eigenvalue weighted by atomic mass is 127. The van der Waals surface area contributed by atoms with E-state index in [4.69, 9.17) is 0 Å². The summed E-state index contributed by atoms with van der Waals surface area (Å²) in [5.74, 6) is 0.631. The van der Waals surface area contributed by atoms with Crippen molar-refractivity contribution in [3.8, 4) is 0 Å². The zero-order valence-corrected chi connectivity index (χ0v) is 16.1. The molecule has 1 aliphatic carbocycles. The van der Waals surface area contributed by atoms with Crippen LogP contribution in [0, 0.1) is 9.62 Å². The lowest BCUT2D eigenvalue weighted by molar-refractivity contribution is -0.121. The van der Waals surface area contributed by atoms with Gasteiger partial charge in [-0.1, -0.05) is 25.0 Å². The van der Waals surface area contributed by atoms with Crippen molar-refractivity contribution in [2.24, 2.45) is 5.92 Å². The number of pyridine rings is 1. The summed E-state index contributed by atoms with van der Waals surface area (Å²) in [6, 6.07) is 12.0. The molecule has 1 atom stereocenters. The van der Waals surface area contributed by atoms with Crippen molar-refractivity contribution in [1.29, 1.82) is 0 Å². The molecule has 2 heterocycles. The molecule has 25 heavy (non-hydrogen) atoms. The molecule has 0 bridgehead atoms. The van der Waals surface area contributed by atoms with Gasteiger partial charge in [-0.2, -0.15) is 5.10 Å². The first-order chi connectivity index (χ1) is 12.2. The number of fused-ring (bicyclic) bond motifs is 1. The average Bonchev–Trinajstić information content (AvgIpc) is 3.27. The third-order valence-corrected chi connectivity index (χ3v) is 6.00. The maximum Gasteiger partial charge on any atom is 0.146 e. The molecule has 0 radical (unpaired) electrons. The van der Waals surface area contributed by atoms with E-state index >= 15 is 0 Å². The third kappa shape index (κ3) is 3.47. The first-order valence-electron chi connectivity index (χ1n) is 8.78. The van der Waals surface area contributed by atoms with Crippen molar-refractivity contribution in [2.45, 2.75) is 38.0 Å². The highest BCUT2D eigenvalue weighted by molar-refractivity contribution is 14.1. The summed E-state index contributed by atoms with van der Waals surface area (Å²) in [4.78, 5) is 17.7. The molecule has 0 saturated heterocycles. The maximum atomic E-state index is 13.2. The second-order valence-corrected chi connectivity index (χ2v) is 7.89. The number of hydrogen-bond donors (Lipinski definition) is 1. The number of halogens is 1. The van der Waals surface area contributed by atoms with Crippen molar-refractivity contribution in [3.05, 3.63) is 57.6 Å². The summed E-state index contributed by atoms with van der Waals surface area (Å²) in [6.45, 7) is 0. The Balaban J connectivity index is 1.62. The number of ketones is 1. The SMILES string of the molecule is O=C(Cc1ccc2n[nH]c(I)c2c1)C(c1ccccn1)C1CCCC1.